The molecule has 5 nitrogen and oxygen atoms in total. The van der Waals surface area contributed by atoms with Gasteiger partial charge in [0.15, 0.2) is 0 Å². The monoisotopic (exact) mass is 239 g/mol. The summed E-state index contributed by atoms with van der Waals surface area (Å²) in [5, 5.41) is 18.3. The van der Waals surface area contributed by atoms with Crippen LogP contribution in [0.1, 0.15) is 50.8 Å². The van der Waals surface area contributed by atoms with E-state index < -0.39 is 11.7 Å². The van der Waals surface area contributed by atoms with Gasteiger partial charge in [0.2, 0.25) is 0 Å². The van der Waals surface area contributed by atoms with E-state index in [-0.39, 0.29) is 0 Å². The molecule has 0 saturated heterocycles. The van der Waals surface area contributed by atoms with E-state index in [1.807, 2.05) is 6.92 Å². The minimum absolute atomic E-state index is 0.442. The van der Waals surface area contributed by atoms with Gasteiger partial charge in [-0.05, 0) is 19.8 Å². The normalized spacial score (nSPS) is 21.4. The summed E-state index contributed by atoms with van der Waals surface area (Å²) in [6.07, 6.45) is 6.26. The Morgan fingerprint density at radius 1 is 1.47 bits per heavy atom. The van der Waals surface area contributed by atoms with Crippen LogP contribution in [0.4, 0.5) is 0 Å². The lowest BCUT2D eigenvalue weighted by molar-refractivity contribution is -0.144. The molecule has 0 radical (unpaired) electrons. The minimum atomic E-state index is -0.636. The van der Waals surface area contributed by atoms with E-state index in [0.29, 0.717) is 6.61 Å². The first kappa shape index (κ1) is 12.5. The Morgan fingerprint density at radius 2 is 2.18 bits per heavy atom. The molecule has 1 N–H and O–H groups in total. The van der Waals surface area contributed by atoms with Gasteiger partial charge in [0, 0.05) is 13.7 Å². The van der Waals surface area contributed by atoms with Crippen molar-refractivity contribution in [2.45, 2.75) is 50.7 Å². The molecular formula is C12H21N3O2. The summed E-state index contributed by atoms with van der Waals surface area (Å²) in [6, 6.07) is 0. The summed E-state index contributed by atoms with van der Waals surface area (Å²) in [5.41, 5.74) is 0.294. The first-order valence-electron chi connectivity index (χ1n) is 6.36. The summed E-state index contributed by atoms with van der Waals surface area (Å²) in [5.74, 6) is 0. The third kappa shape index (κ3) is 2.35. The van der Waals surface area contributed by atoms with E-state index in [9.17, 15) is 5.11 Å². The standard InChI is InChI=1S/C12H21N3O2/c1-3-17-12(7-5-4-6-8-12)11(16)10-9-13-14-15(10)2/h9,11,16H,3-8H2,1-2H3. The van der Waals surface area contributed by atoms with Gasteiger partial charge in [-0.15, -0.1) is 5.10 Å². The van der Waals surface area contributed by atoms with Crippen molar-refractivity contribution in [2.75, 3.05) is 6.61 Å². The van der Waals surface area contributed by atoms with Crippen LogP contribution in [-0.4, -0.2) is 32.3 Å². The van der Waals surface area contributed by atoms with Crippen molar-refractivity contribution < 1.29 is 9.84 Å². The summed E-state index contributed by atoms with van der Waals surface area (Å²) >= 11 is 0. The van der Waals surface area contributed by atoms with Crippen molar-refractivity contribution >= 4 is 0 Å². The molecule has 2 rings (SSSR count). The van der Waals surface area contributed by atoms with E-state index in [1.54, 1.807) is 17.9 Å². The molecule has 0 amide bonds. The van der Waals surface area contributed by atoms with Gasteiger partial charge < -0.3 is 9.84 Å². The zero-order valence-electron chi connectivity index (χ0n) is 10.6. The highest BCUT2D eigenvalue weighted by molar-refractivity contribution is 5.07. The lowest BCUT2D eigenvalue weighted by atomic mass is 9.79. The minimum Gasteiger partial charge on any atom is -0.384 e. The van der Waals surface area contributed by atoms with Gasteiger partial charge in [-0.1, -0.05) is 24.5 Å². The molecule has 0 aliphatic heterocycles. The highest BCUT2D eigenvalue weighted by atomic mass is 16.5. The van der Waals surface area contributed by atoms with Crippen LogP contribution in [0.2, 0.25) is 0 Å². The molecule has 1 aliphatic rings. The number of aromatic nitrogens is 3. The molecule has 96 valence electrons. The van der Waals surface area contributed by atoms with E-state index >= 15 is 0 Å². The van der Waals surface area contributed by atoms with Crippen LogP contribution in [-0.2, 0) is 11.8 Å². The van der Waals surface area contributed by atoms with Crippen molar-refractivity contribution in [1.82, 2.24) is 15.0 Å². The maximum atomic E-state index is 10.6. The molecule has 0 bridgehead atoms. The van der Waals surface area contributed by atoms with Gasteiger partial charge in [-0.3, -0.25) is 0 Å². The van der Waals surface area contributed by atoms with Gasteiger partial charge >= 0.3 is 0 Å². The number of ether oxygens (including phenoxy) is 1. The van der Waals surface area contributed by atoms with Gasteiger partial charge in [-0.2, -0.15) is 0 Å². The van der Waals surface area contributed by atoms with Gasteiger partial charge in [0.25, 0.3) is 0 Å². The second-order valence-corrected chi connectivity index (χ2v) is 4.74. The van der Waals surface area contributed by atoms with Crippen LogP contribution in [0.5, 0.6) is 0 Å². The molecule has 0 aromatic carbocycles. The summed E-state index contributed by atoms with van der Waals surface area (Å²) in [4.78, 5) is 0. The highest BCUT2D eigenvalue weighted by Gasteiger charge is 2.42. The molecular weight excluding hydrogens is 218 g/mol. The molecule has 1 aromatic rings. The Balaban J connectivity index is 2.23. The van der Waals surface area contributed by atoms with Crippen LogP contribution in [0, 0.1) is 0 Å². The smallest absolute Gasteiger partial charge is 0.126 e. The third-order valence-corrected chi connectivity index (χ3v) is 3.66. The number of nitrogens with zero attached hydrogens (tertiary/aromatic N) is 3. The average molecular weight is 239 g/mol. The fourth-order valence-electron chi connectivity index (χ4n) is 2.75. The van der Waals surface area contributed by atoms with Gasteiger partial charge in [0.05, 0.1) is 17.5 Å². The van der Waals surface area contributed by atoms with Crippen LogP contribution in [0.3, 0.4) is 0 Å². The predicted molar refractivity (Wildman–Crippen MR) is 63.4 cm³/mol. The summed E-state index contributed by atoms with van der Waals surface area (Å²) in [6.45, 7) is 2.60. The first-order chi connectivity index (χ1) is 8.19. The van der Waals surface area contributed by atoms with Crippen LogP contribution < -0.4 is 0 Å². The molecule has 5 heteroatoms. The van der Waals surface area contributed by atoms with Crippen molar-refractivity contribution in [3.63, 3.8) is 0 Å². The molecule has 1 atom stereocenters. The molecule has 1 saturated carbocycles. The zero-order valence-corrected chi connectivity index (χ0v) is 10.6. The topological polar surface area (TPSA) is 60.2 Å². The quantitative estimate of drug-likeness (QED) is 0.866. The van der Waals surface area contributed by atoms with Crippen molar-refractivity contribution in [2.24, 2.45) is 7.05 Å². The molecule has 17 heavy (non-hydrogen) atoms. The number of aliphatic hydroxyl groups is 1. The van der Waals surface area contributed by atoms with Gasteiger partial charge in [0.1, 0.15) is 6.10 Å². The van der Waals surface area contributed by atoms with E-state index in [0.717, 1.165) is 31.4 Å². The van der Waals surface area contributed by atoms with E-state index in [4.69, 9.17) is 4.74 Å². The first-order valence-corrected chi connectivity index (χ1v) is 6.36. The van der Waals surface area contributed by atoms with Gasteiger partial charge in [-0.25, -0.2) is 4.68 Å². The van der Waals surface area contributed by atoms with Crippen LogP contribution in [0.25, 0.3) is 0 Å². The van der Waals surface area contributed by atoms with E-state index in [2.05, 4.69) is 10.3 Å². The number of hydrogen-bond acceptors (Lipinski definition) is 4. The Hall–Kier alpha value is -0.940. The SMILES string of the molecule is CCOC1(C(O)c2cnnn2C)CCCCC1. The van der Waals surface area contributed by atoms with E-state index in [1.165, 1.54) is 6.42 Å². The second kappa shape index (κ2) is 5.14. The van der Waals surface area contributed by atoms with Crippen molar-refractivity contribution in [3.05, 3.63) is 11.9 Å². The third-order valence-electron chi connectivity index (χ3n) is 3.66. The average Bonchev–Trinajstić information content (AvgIpc) is 2.76. The lowest BCUT2D eigenvalue weighted by Crippen LogP contribution is -2.42. The Labute approximate surface area is 102 Å². The molecule has 1 unspecified atom stereocenters. The lowest BCUT2D eigenvalue weighted by Gasteiger charge is -2.40. The molecule has 1 fully saturated rings. The number of hydrogen-bond donors (Lipinski definition) is 1. The molecule has 1 heterocycles. The number of aliphatic hydroxyl groups excluding tert-OH is 1. The largest absolute Gasteiger partial charge is 0.384 e. The molecule has 0 spiro atoms. The summed E-state index contributed by atoms with van der Waals surface area (Å²) in [7, 11) is 1.80. The predicted octanol–water partition coefficient (Wildman–Crippen LogP) is 1.59. The number of rotatable bonds is 4. The fourth-order valence-corrected chi connectivity index (χ4v) is 2.75. The maximum absolute atomic E-state index is 10.6. The number of aryl methyl sites for hydroxylation is 1. The Morgan fingerprint density at radius 3 is 2.71 bits per heavy atom. The molecule has 1 aliphatic carbocycles. The Kier molecular flexibility index (Phi) is 3.79. The van der Waals surface area contributed by atoms with Crippen molar-refractivity contribution in [1.29, 1.82) is 0 Å². The molecule has 1 aromatic heterocycles. The highest BCUT2D eigenvalue weighted by Crippen LogP contribution is 2.41. The Bertz CT molecular complexity index is 353. The second-order valence-electron chi connectivity index (χ2n) is 4.74. The van der Waals surface area contributed by atoms with Crippen LogP contribution in [0.15, 0.2) is 6.20 Å². The maximum Gasteiger partial charge on any atom is 0.126 e. The zero-order chi connectivity index (χ0) is 12.3. The summed E-state index contributed by atoms with van der Waals surface area (Å²) < 4.78 is 7.52. The van der Waals surface area contributed by atoms with Crippen LogP contribution >= 0.6 is 0 Å². The fraction of sp³-hybridized carbons (Fsp3) is 0.833. The van der Waals surface area contributed by atoms with Crippen molar-refractivity contribution in [3.8, 4) is 0 Å².